The van der Waals surface area contributed by atoms with Gasteiger partial charge in [0.25, 0.3) is 0 Å². The third-order valence-electron chi connectivity index (χ3n) is 1.87. The van der Waals surface area contributed by atoms with E-state index in [2.05, 4.69) is 6.92 Å². The summed E-state index contributed by atoms with van der Waals surface area (Å²) in [5.41, 5.74) is 0.788. The third kappa shape index (κ3) is 3.41. The molecule has 0 fully saturated rings. The summed E-state index contributed by atoms with van der Waals surface area (Å²) in [5.74, 6) is -0.106. The first-order valence-electron chi connectivity index (χ1n) is 4.52. The Kier molecular flexibility index (Phi) is 4.24. The highest BCUT2D eigenvalue weighted by Crippen LogP contribution is 2.08. The van der Waals surface area contributed by atoms with Gasteiger partial charge in [-0.2, -0.15) is 0 Å². The summed E-state index contributed by atoms with van der Waals surface area (Å²) in [6, 6.07) is 6.90. The largest absolute Gasteiger partial charge is 0.207 e. The first kappa shape index (κ1) is 9.97. The maximum Gasteiger partial charge on any atom is 0.126 e. The minimum atomic E-state index is -0.106. The standard InChI is InChI=1S/C12H14F/c1-2-3-4-5-8-11-9-6-7-10-12(11)13/h3-4,6-7,9-10H,1-2,5,8H2. The Morgan fingerprint density at radius 2 is 2.00 bits per heavy atom. The van der Waals surface area contributed by atoms with Crippen LogP contribution >= 0.6 is 0 Å². The molecule has 13 heavy (non-hydrogen) atoms. The molecule has 0 aliphatic rings. The minimum absolute atomic E-state index is 0.106. The molecule has 1 aromatic carbocycles. The minimum Gasteiger partial charge on any atom is -0.207 e. The van der Waals surface area contributed by atoms with Crippen LogP contribution in [-0.4, -0.2) is 0 Å². The Morgan fingerprint density at radius 3 is 2.69 bits per heavy atom. The molecule has 0 saturated heterocycles. The highest BCUT2D eigenvalue weighted by molar-refractivity contribution is 5.17. The molecular formula is C12H14F. The molecule has 0 unspecified atom stereocenters. The van der Waals surface area contributed by atoms with E-state index in [4.69, 9.17) is 0 Å². The van der Waals surface area contributed by atoms with Crippen LogP contribution in [0.1, 0.15) is 18.4 Å². The lowest BCUT2D eigenvalue weighted by atomic mass is 10.1. The Bertz CT molecular complexity index is 276. The number of allylic oxidation sites excluding steroid dienone is 2. The lowest BCUT2D eigenvalue weighted by Crippen LogP contribution is -1.87. The Labute approximate surface area is 79.1 Å². The van der Waals surface area contributed by atoms with Crippen molar-refractivity contribution >= 4 is 0 Å². The average Bonchev–Trinajstić information content (AvgIpc) is 2.15. The van der Waals surface area contributed by atoms with Crippen molar-refractivity contribution in [3.8, 4) is 0 Å². The number of hydrogen-bond donors (Lipinski definition) is 0. The van der Waals surface area contributed by atoms with Crippen LogP contribution in [-0.2, 0) is 6.42 Å². The maximum absolute atomic E-state index is 13.1. The van der Waals surface area contributed by atoms with E-state index in [-0.39, 0.29) is 5.82 Å². The van der Waals surface area contributed by atoms with Gasteiger partial charge in [-0.1, -0.05) is 30.4 Å². The quantitative estimate of drug-likeness (QED) is 0.617. The third-order valence-corrected chi connectivity index (χ3v) is 1.87. The van der Waals surface area contributed by atoms with Gasteiger partial charge in [0.15, 0.2) is 0 Å². The normalized spacial score (nSPS) is 10.9. The Morgan fingerprint density at radius 1 is 1.23 bits per heavy atom. The van der Waals surface area contributed by atoms with Crippen LogP contribution in [0.4, 0.5) is 4.39 Å². The number of halogens is 1. The van der Waals surface area contributed by atoms with Crippen molar-refractivity contribution < 1.29 is 4.39 Å². The van der Waals surface area contributed by atoms with Gasteiger partial charge in [0.05, 0.1) is 0 Å². The molecule has 0 nitrogen and oxygen atoms in total. The molecule has 0 spiro atoms. The predicted molar refractivity (Wildman–Crippen MR) is 53.8 cm³/mol. The van der Waals surface area contributed by atoms with Gasteiger partial charge in [-0.25, -0.2) is 4.39 Å². The molecule has 1 aromatic rings. The second-order valence-electron chi connectivity index (χ2n) is 2.89. The van der Waals surface area contributed by atoms with Crippen LogP contribution in [0.15, 0.2) is 36.4 Å². The van der Waals surface area contributed by atoms with Crippen LogP contribution < -0.4 is 0 Å². The lowest BCUT2D eigenvalue weighted by molar-refractivity contribution is 0.609. The predicted octanol–water partition coefficient (Wildman–Crippen LogP) is 3.54. The van der Waals surface area contributed by atoms with Crippen molar-refractivity contribution in [2.45, 2.75) is 19.3 Å². The van der Waals surface area contributed by atoms with Gasteiger partial charge in [-0.05, 0) is 37.8 Å². The monoisotopic (exact) mass is 177 g/mol. The zero-order valence-corrected chi connectivity index (χ0v) is 7.67. The second-order valence-corrected chi connectivity index (χ2v) is 2.89. The molecule has 0 aliphatic carbocycles. The molecule has 0 atom stereocenters. The van der Waals surface area contributed by atoms with Crippen LogP contribution in [0.3, 0.4) is 0 Å². The smallest absolute Gasteiger partial charge is 0.126 e. The molecule has 0 amide bonds. The van der Waals surface area contributed by atoms with E-state index < -0.39 is 0 Å². The number of hydrogen-bond acceptors (Lipinski definition) is 0. The van der Waals surface area contributed by atoms with E-state index in [1.54, 1.807) is 6.07 Å². The fourth-order valence-corrected chi connectivity index (χ4v) is 1.18. The Balaban J connectivity index is 2.45. The zero-order valence-electron chi connectivity index (χ0n) is 7.67. The van der Waals surface area contributed by atoms with Crippen molar-refractivity contribution in [2.24, 2.45) is 0 Å². The zero-order chi connectivity index (χ0) is 9.52. The van der Waals surface area contributed by atoms with Crippen molar-refractivity contribution in [3.63, 3.8) is 0 Å². The lowest BCUT2D eigenvalue weighted by Gasteiger charge is -1.98. The van der Waals surface area contributed by atoms with Crippen LogP contribution in [0.25, 0.3) is 0 Å². The molecule has 1 rings (SSSR count). The van der Waals surface area contributed by atoms with Crippen molar-refractivity contribution in [2.75, 3.05) is 0 Å². The summed E-state index contributed by atoms with van der Waals surface area (Å²) in [7, 11) is 0. The summed E-state index contributed by atoms with van der Waals surface area (Å²) < 4.78 is 13.1. The Hall–Kier alpha value is -1.11. The topological polar surface area (TPSA) is 0 Å². The van der Waals surface area contributed by atoms with E-state index in [0.717, 1.165) is 24.8 Å². The van der Waals surface area contributed by atoms with Gasteiger partial charge in [-0.15, -0.1) is 0 Å². The first-order chi connectivity index (χ1) is 6.34. The maximum atomic E-state index is 13.1. The average molecular weight is 177 g/mol. The van der Waals surface area contributed by atoms with E-state index in [1.165, 1.54) is 6.07 Å². The fourth-order valence-electron chi connectivity index (χ4n) is 1.18. The van der Waals surface area contributed by atoms with Crippen molar-refractivity contribution in [1.29, 1.82) is 0 Å². The summed E-state index contributed by atoms with van der Waals surface area (Å²) >= 11 is 0. The highest BCUT2D eigenvalue weighted by Gasteiger charge is 1.97. The molecule has 0 aromatic heterocycles. The van der Waals surface area contributed by atoms with Gasteiger partial charge in [0.2, 0.25) is 0 Å². The van der Waals surface area contributed by atoms with Gasteiger partial charge < -0.3 is 0 Å². The number of rotatable bonds is 4. The highest BCUT2D eigenvalue weighted by atomic mass is 19.1. The molecule has 1 radical (unpaired) electrons. The van der Waals surface area contributed by atoms with Crippen molar-refractivity contribution in [1.82, 2.24) is 0 Å². The van der Waals surface area contributed by atoms with Crippen LogP contribution in [0.5, 0.6) is 0 Å². The SMILES string of the molecule is [CH2]CC=CCCc1ccccc1F. The van der Waals surface area contributed by atoms with Gasteiger partial charge >= 0.3 is 0 Å². The van der Waals surface area contributed by atoms with E-state index in [1.807, 2.05) is 24.3 Å². The number of benzene rings is 1. The molecule has 0 N–H and O–H groups in total. The number of aryl methyl sites for hydroxylation is 1. The van der Waals surface area contributed by atoms with E-state index in [9.17, 15) is 4.39 Å². The molecule has 0 aliphatic heterocycles. The molecular weight excluding hydrogens is 163 g/mol. The van der Waals surface area contributed by atoms with Crippen molar-refractivity contribution in [3.05, 3.63) is 54.7 Å². The fraction of sp³-hybridized carbons (Fsp3) is 0.250. The first-order valence-corrected chi connectivity index (χ1v) is 4.52. The molecule has 0 bridgehead atoms. The van der Waals surface area contributed by atoms with E-state index >= 15 is 0 Å². The van der Waals surface area contributed by atoms with Crippen LogP contribution in [0, 0.1) is 12.7 Å². The van der Waals surface area contributed by atoms with Gasteiger partial charge in [0.1, 0.15) is 5.82 Å². The van der Waals surface area contributed by atoms with Crippen LogP contribution in [0.2, 0.25) is 0 Å². The second kappa shape index (κ2) is 5.52. The van der Waals surface area contributed by atoms with E-state index in [0.29, 0.717) is 0 Å². The van der Waals surface area contributed by atoms with Gasteiger partial charge in [-0.3, -0.25) is 0 Å². The summed E-state index contributed by atoms with van der Waals surface area (Å²) in [6.07, 6.45) is 6.50. The van der Waals surface area contributed by atoms with Gasteiger partial charge in [0, 0.05) is 0 Å². The summed E-state index contributed by atoms with van der Waals surface area (Å²) in [6.45, 7) is 3.69. The molecule has 1 heteroatoms. The summed E-state index contributed by atoms with van der Waals surface area (Å²) in [4.78, 5) is 0. The molecule has 69 valence electrons. The summed E-state index contributed by atoms with van der Waals surface area (Å²) in [5, 5.41) is 0. The molecule has 0 saturated carbocycles. The molecule has 0 heterocycles.